The normalized spacial score (nSPS) is 23.5. The Labute approximate surface area is 256 Å². The molecule has 9 heteroatoms. The Balaban J connectivity index is 1.09. The molecule has 9 nitrogen and oxygen atoms in total. The summed E-state index contributed by atoms with van der Waals surface area (Å²) < 4.78 is 3.65. The van der Waals surface area contributed by atoms with Crippen LogP contribution in [-0.4, -0.2) is 73.1 Å². The number of fused-ring (bicyclic) bond motifs is 8. The van der Waals surface area contributed by atoms with E-state index in [1.165, 1.54) is 11.1 Å². The summed E-state index contributed by atoms with van der Waals surface area (Å²) in [6.07, 6.45) is 3.24. The zero-order valence-electron chi connectivity index (χ0n) is 25.7. The number of carbonyl (C=O) groups excluding carboxylic acids is 3. The number of likely N-dealkylation sites (tertiary alicyclic amines) is 2. The van der Waals surface area contributed by atoms with Crippen LogP contribution in [0.15, 0.2) is 48.5 Å². The molecule has 2 aliphatic heterocycles. The van der Waals surface area contributed by atoms with Crippen molar-refractivity contribution in [2.24, 2.45) is 24.9 Å². The molecule has 4 heterocycles. The maximum atomic E-state index is 14.2. The van der Waals surface area contributed by atoms with Gasteiger partial charge < -0.3 is 9.80 Å². The predicted octanol–water partition coefficient (Wildman–Crippen LogP) is 3.88. The zero-order valence-corrected chi connectivity index (χ0v) is 25.7. The number of ketones is 1. The van der Waals surface area contributed by atoms with Crippen molar-refractivity contribution in [1.29, 1.82) is 0 Å². The molecule has 0 saturated carbocycles. The van der Waals surface area contributed by atoms with Crippen LogP contribution in [0.5, 0.6) is 0 Å². The van der Waals surface area contributed by atoms with Crippen LogP contribution in [0.3, 0.4) is 0 Å². The van der Waals surface area contributed by atoms with Crippen molar-refractivity contribution in [3.05, 3.63) is 82.2 Å². The highest BCUT2D eigenvalue weighted by Gasteiger charge is 2.58. The lowest BCUT2D eigenvalue weighted by Gasteiger charge is -2.54. The van der Waals surface area contributed by atoms with Gasteiger partial charge in [-0.15, -0.1) is 0 Å². The van der Waals surface area contributed by atoms with E-state index in [0.29, 0.717) is 11.4 Å². The summed E-state index contributed by atoms with van der Waals surface area (Å²) in [6.45, 7) is 4.81. The number of Topliss-reactive ketones (excluding diaryl/α,β-unsaturated/α-hetero) is 1. The number of piperidine rings is 2. The van der Waals surface area contributed by atoms with Gasteiger partial charge in [0.05, 0.1) is 22.2 Å². The quantitative estimate of drug-likeness (QED) is 0.355. The highest BCUT2D eigenvalue weighted by Crippen LogP contribution is 2.44. The Kier molecular flexibility index (Phi) is 5.68. The SMILES string of the molecule is Cn1nc(C(=O)N2CC3(C)CN(C(=O)c4nn(C)c5c4CCc4ccccc4-5)CC(C)(C2)C3=O)c2c1-c1ccccc1CC2. The molecular weight excluding hydrogens is 552 g/mol. The van der Waals surface area contributed by atoms with Crippen LogP contribution in [0.4, 0.5) is 0 Å². The average molecular weight is 589 g/mol. The molecule has 0 N–H and O–H groups in total. The number of benzene rings is 2. The summed E-state index contributed by atoms with van der Waals surface area (Å²) in [5.74, 6) is -0.154. The number of rotatable bonds is 2. The van der Waals surface area contributed by atoms with Gasteiger partial charge in [0, 0.05) is 62.5 Å². The fourth-order valence-corrected chi connectivity index (χ4v) is 8.58. The second-order valence-corrected chi connectivity index (χ2v) is 13.7. The number of hydrogen-bond acceptors (Lipinski definition) is 5. The molecule has 2 bridgehead atoms. The number of hydrogen-bond donors (Lipinski definition) is 0. The molecule has 0 unspecified atom stereocenters. The summed E-state index contributed by atoms with van der Waals surface area (Å²) in [6, 6.07) is 16.6. The summed E-state index contributed by atoms with van der Waals surface area (Å²) in [5.41, 5.74) is 7.92. The molecule has 2 aliphatic carbocycles. The van der Waals surface area contributed by atoms with E-state index in [1.54, 1.807) is 0 Å². The first-order valence-electron chi connectivity index (χ1n) is 15.5. The summed E-state index contributed by atoms with van der Waals surface area (Å²) in [5, 5.41) is 9.46. The molecule has 2 amide bonds. The first-order chi connectivity index (χ1) is 21.1. The lowest BCUT2D eigenvalue weighted by Crippen LogP contribution is -2.69. The van der Waals surface area contributed by atoms with Gasteiger partial charge >= 0.3 is 0 Å². The van der Waals surface area contributed by atoms with Gasteiger partial charge in [-0.25, -0.2) is 0 Å². The van der Waals surface area contributed by atoms with Gasteiger partial charge in [-0.1, -0.05) is 48.5 Å². The molecule has 4 aliphatic rings. The van der Waals surface area contributed by atoms with Crippen LogP contribution in [0.25, 0.3) is 22.5 Å². The molecule has 0 radical (unpaired) electrons. The van der Waals surface area contributed by atoms with E-state index < -0.39 is 10.8 Å². The molecule has 2 aromatic heterocycles. The number of amides is 2. The second kappa shape index (κ2) is 9.24. The van der Waals surface area contributed by atoms with Gasteiger partial charge in [0.25, 0.3) is 11.8 Å². The number of aryl methyl sites for hydroxylation is 4. The molecule has 2 saturated heterocycles. The second-order valence-electron chi connectivity index (χ2n) is 13.7. The van der Waals surface area contributed by atoms with Crippen LogP contribution in [0.2, 0.25) is 0 Å². The molecule has 224 valence electrons. The van der Waals surface area contributed by atoms with Gasteiger partial charge in [0.1, 0.15) is 0 Å². The summed E-state index contributed by atoms with van der Waals surface area (Å²) >= 11 is 0. The van der Waals surface area contributed by atoms with Crippen LogP contribution in [0, 0.1) is 10.8 Å². The lowest BCUT2D eigenvalue weighted by atomic mass is 9.64. The maximum absolute atomic E-state index is 14.2. The molecule has 8 rings (SSSR count). The first-order valence-corrected chi connectivity index (χ1v) is 15.5. The molecule has 44 heavy (non-hydrogen) atoms. The van der Waals surface area contributed by atoms with Gasteiger partial charge in [0.2, 0.25) is 0 Å². The number of aromatic nitrogens is 4. The van der Waals surface area contributed by atoms with Crippen LogP contribution in [0.1, 0.15) is 57.1 Å². The van der Waals surface area contributed by atoms with Crippen molar-refractivity contribution in [2.45, 2.75) is 39.5 Å². The minimum absolute atomic E-state index is 0.118. The van der Waals surface area contributed by atoms with E-state index in [1.807, 2.05) is 71.4 Å². The molecule has 0 spiro atoms. The largest absolute Gasteiger partial charge is 0.335 e. The predicted molar refractivity (Wildman–Crippen MR) is 165 cm³/mol. The summed E-state index contributed by atoms with van der Waals surface area (Å²) in [7, 11) is 3.79. The third kappa shape index (κ3) is 3.74. The highest BCUT2D eigenvalue weighted by atomic mass is 16.2. The van der Waals surface area contributed by atoms with E-state index >= 15 is 0 Å². The molecule has 4 aromatic rings. The fraction of sp³-hybridized carbons (Fsp3) is 0.400. The van der Waals surface area contributed by atoms with Crippen LogP contribution < -0.4 is 0 Å². The van der Waals surface area contributed by atoms with E-state index in [4.69, 9.17) is 10.2 Å². The Bertz CT molecular complexity index is 1770. The minimum Gasteiger partial charge on any atom is -0.335 e. The maximum Gasteiger partial charge on any atom is 0.274 e. The Morgan fingerprint density at radius 1 is 0.636 bits per heavy atom. The molecule has 2 fully saturated rings. The van der Waals surface area contributed by atoms with E-state index in [2.05, 4.69) is 24.3 Å². The summed E-state index contributed by atoms with van der Waals surface area (Å²) in [4.78, 5) is 45.8. The number of nitrogens with zero attached hydrogens (tertiary/aromatic N) is 6. The van der Waals surface area contributed by atoms with Crippen molar-refractivity contribution in [3.8, 4) is 22.5 Å². The standard InChI is InChI=1S/C35H36N6O3/c1-34-17-40(31(42)27-25-15-13-21-9-5-7-11-23(21)29(25)38(3)36-27)19-35(2,33(34)44)20-41(18-34)32(43)28-26-16-14-22-10-6-8-12-24(22)30(26)39(4)37-28/h5-12H,13-20H2,1-4H3. The Hall–Kier alpha value is -4.53. The van der Waals surface area contributed by atoms with Gasteiger partial charge in [-0.3, -0.25) is 23.7 Å². The van der Waals surface area contributed by atoms with E-state index in [-0.39, 0.29) is 43.8 Å². The molecular formula is C35H36N6O3. The van der Waals surface area contributed by atoms with Crippen molar-refractivity contribution in [3.63, 3.8) is 0 Å². The molecule has 2 aromatic carbocycles. The van der Waals surface area contributed by atoms with Crippen molar-refractivity contribution >= 4 is 17.6 Å². The third-order valence-electron chi connectivity index (χ3n) is 10.4. The Morgan fingerprint density at radius 3 is 1.43 bits per heavy atom. The van der Waals surface area contributed by atoms with Gasteiger partial charge in [-0.2, -0.15) is 10.2 Å². The van der Waals surface area contributed by atoms with Crippen molar-refractivity contribution in [2.75, 3.05) is 26.2 Å². The third-order valence-corrected chi connectivity index (χ3v) is 10.4. The van der Waals surface area contributed by atoms with Crippen molar-refractivity contribution in [1.82, 2.24) is 29.4 Å². The average Bonchev–Trinajstić information content (AvgIpc) is 3.54. The smallest absolute Gasteiger partial charge is 0.274 e. The topological polar surface area (TPSA) is 93.3 Å². The van der Waals surface area contributed by atoms with Gasteiger partial charge in [-0.05, 0) is 50.7 Å². The Morgan fingerprint density at radius 2 is 1.02 bits per heavy atom. The fourth-order valence-electron chi connectivity index (χ4n) is 8.58. The van der Waals surface area contributed by atoms with Crippen LogP contribution in [-0.2, 0) is 44.6 Å². The number of carbonyl (C=O) groups is 3. The highest BCUT2D eigenvalue weighted by molar-refractivity contribution is 6.02. The zero-order chi connectivity index (χ0) is 30.5. The first kappa shape index (κ1) is 27.0. The monoisotopic (exact) mass is 588 g/mol. The van der Waals surface area contributed by atoms with E-state index in [0.717, 1.165) is 59.3 Å². The van der Waals surface area contributed by atoms with Crippen molar-refractivity contribution < 1.29 is 14.4 Å². The van der Waals surface area contributed by atoms with Crippen LogP contribution >= 0.6 is 0 Å². The minimum atomic E-state index is -0.889. The van der Waals surface area contributed by atoms with Gasteiger partial charge in [0.15, 0.2) is 17.2 Å². The van der Waals surface area contributed by atoms with E-state index in [9.17, 15) is 14.4 Å². The molecule has 0 atom stereocenters. The lowest BCUT2D eigenvalue weighted by molar-refractivity contribution is -0.153.